The van der Waals surface area contributed by atoms with Gasteiger partial charge in [0.15, 0.2) is 0 Å². The Morgan fingerprint density at radius 3 is 2.89 bits per heavy atom. The lowest BCUT2D eigenvalue weighted by Gasteiger charge is -2.35. The second-order valence-electron chi connectivity index (χ2n) is 7.57. The molecule has 2 amide bonds. The van der Waals surface area contributed by atoms with Crippen molar-refractivity contribution in [1.82, 2.24) is 19.6 Å². The third-order valence-electron chi connectivity index (χ3n) is 5.62. The first-order chi connectivity index (χ1) is 13.2. The van der Waals surface area contributed by atoms with E-state index < -0.39 is 0 Å². The molecule has 1 aromatic heterocycles. The summed E-state index contributed by atoms with van der Waals surface area (Å²) >= 11 is 0. The molecule has 0 unspecified atom stereocenters. The molecule has 3 aliphatic heterocycles. The largest absolute Gasteiger partial charge is 0.338 e. The third kappa shape index (κ3) is 3.61. The van der Waals surface area contributed by atoms with Crippen LogP contribution < -0.4 is 0 Å². The molecule has 5 rings (SSSR count). The quantitative estimate of drug-likeness (QED) is 0.816. The molecule has 4 heterocycles. The Labute approximate surface area is 159 Å². The van der Waals surface area contributed by atoms with Gasteiger partial charge in [0.05, 0.1) is 12.5 Å². The minimum atomic E-state index is -0.0495. The first kappa shape index (κ1) is 17.8. The van der Waals surface area contributed by atoms with Crippen LogP contribution in [-0.2, 0) is 11.3 Å². The van der Waals surface area contributed by atoms with E-state index in [0.717, 1.165) is 31.4 Å². The number of hydrogen-bond acceptors (Lipinski definition) is 3. The van der Waals surface area contributed by atoms with Crippen LogP contribution in [-0.4, -0.2) is 57.1 Å². The summed E-state index contributed by atoms with van der Waals surface area (Å²) in [4.78, 5) is 29.8. The molecule has 6 heteroatoms. The predicted octanol–water partition coefficient (Wildman–Crippen LogP) is 2.40. The molecule has 2 aromatic rings. The summed E-state index contributed by atoms with van der Waals surface area (Å²) in [6, 6.07) is 9.80. The van der Waals surface area contributed by atoms with E-state index in [1.807, 2.05) is 51.0 Å². The molecule has 0 aliphatic carbocycles. The molecule has 0 saturated carbocycles. The number of rotatable bonds is 5. The van der Waals surface area contributed by atoms with E-state index in [9.17, 15) is 9.59 Å². The van der Waals surface area contributed by atoms with E-state index in [1.165, 1.54) is 0 Å². The lowest BCUT2D eigenvalue weighted by atomic mass is 9.94. The molecular formula is C21H26N4O2. The Bertz CT molecular complexity index is 817. The van der Waals surface area contributed by atoms with Crippen molar-refractivity contribution in [2.45, 2.75) is 38.8 Å². The molecule has 1 aromatic carbocycles. The van der Waals surface area contributed by atoms with Gasteiger partial charge in [0.1, 0.15) is 0 Å². The van der Waals surface area contributed by atoms with Gasteiger partial charge in [0.25, 0.3) is 5.91 Å². The van der Waals surface area contributed by atoms with Gasteiger partial charge in [-0.25, -0.2) is 0 Å². The molecule has 6 nitrogen and oxygen atoms in total. The maximum atomic E-state index is 13.2. The minimum Gasteiger partial charge on any atom is -0.338 e. The number of carbonyl (C=O) groups is 2. The highest BCUT2D eigenvalue weighted by Crippen LogP contribution is 2.30. The summed E-state index contributed by atoms with van der Waals surface area (Å²) in [5, 5.41) is 4.23. The normalized spacial score (nSPS) is 22.2. The van der Waals surface area contributed by atoms with Crippen molar-refractivity contribution in [1.29, 1.82) is 0 Å². The smallest absolute Gasteiger partial charge is 0.253 e. The van der Waals surface area contributed by atoms with Crippen molar-refractivity contribution in [3.63, 3.8) is 0 Å². The number of fused-ring (bicyclic) bond motifs is 4. The van der Waals surface area contributed by atoms with Crippen molar-refractivity contribution in [2.24, 2.45) is 5.92 Å². The van der Waals surface area contributed by atoms with Gasteiger partial charge in [-0.05, 0) is 43.0 Å². The van der Waals surface area contributed by atoms with E-state index in [-0.39, 0.29) is 23.8 Å². The molecule has 3 saturated heterocycles. The zero-order valence-corrected chi connectivity index (χ0v) is 15.8. The lowest BCUT2D eigenvalue weighted by Crippen LogP contribution is -2.48. The molecule has 2 bridgehead atoms. The monoisotopic (exact) mass is 366 g/mol. The fourth-order valence-corrected chi connectivity index (χ4v) is 4.31. The maximum absolute atomic E-state index is 13.2. The highest BCUT2D eigenvalue weighted by atomic mass is 16.2. The number of piperidine rings is 1. The van der Waals surface area contributed by atoms with E-state index in [0.29, 0.717) is 25.2 Å². The molecule has 0 spiro atoms. The third-order valence-corrected chi connectivity index (χ3v) is 5.62. The first-order valence-electron chi connectivity index (χ1n) is 9.82. The van der Waals surface area contributed by atoms with Gasteiger partial charge in [-0.15, -0.1) is 0 Å². The van der Waals surface area contributed by atoms with Gasteiger partial charge in [-0.2, -0.15) is 5.10 Å². The number of carbonyl (C=O) groups excluding carboxylic acids is 2. The maximum Gasteiger partial charge on any atom is 0.253 e. The van der Waals surface area contributed by atoms with Crippen molar-refractivity contribution in [3.05, 3.63) is 53.9 Å². The molecular weight excluding hydrogens is 340 g/mol. The summed E-state index contributed by atoms with van der Waals surface area (Å²) in [6.07, 6.45) is 6.51. The zero-order chi connectivity index (χ0) is 18.8. The number of hydrogen-bond donors (Lipinski definition) is 0. The molecule has 27 heavy (non-hydrogen) atoms. The summed E-state index contributed by atoms with van der Waals surface area (Å²) in [7, 11) is 0. The van der Waals surface area contributed by atoms with Gasteiger partial charge >= 0.3 is 0 Å². The zero-order valence-electron chi connectivity index (χ0n) is 15.8. The van der Waals surface area contributed by atoms with Crippen LogP contribution in [0.5, 0.6) is 0 Å². The Morgan fingerprint density at radius 1 is 1.22 bits per heavy atom. The molecule has 142 valence electrons. The Hall–Kier alpha value is -2.63. The van der Waals surface area contributed by atoms with Crippen molar-refractivity contribution in [2.75, 3.05) is 19.6 Å². The molecule has 3 fully saturated rings. The van der Waals surface area contributed by atoms with Crippen LogP contribution in [0.3, 0.4) is 0 Å². The summed E-state index contributed by atoms with van der Waals surface area (Å²) < 4.78 is 1.84. The van der Waals surface area contributed by atoms with Crippen LogP contribution in [0.25, 0.3) is 0 Å². The van der Waals surface area contributed by atoms with Crippen LogP contribution in [0.15, 0.2) is 42.7 Å². The summed E-state index contributed by atoms with van der Waals surface area (Å²) in [5.41, 5.74) is 1.74. The van der Waals surface area contributed by atoms with E-state index >= 15 is 0 Å². The van der Waals surface area contributed by atoms with Gasteiger partial charge < -0.3 is 9.80 Å². The average Bonchev–Trinajstić information content (AvgIpc) is 3.03. The highest BCUT2D eigenvalue weighted by Gasteiger charge is 2.41. The first-order valence-corrected chi connectivity index (χ1v) is 9.82. The van der Waals surface area contributed by atoms with Crippen LogP contribution in [0, 0.1) is 5.92 Å². The molecule has 0 radical (unpaired) electrons. The van der Waals surface area contributed by atoms with Crippen molar-refractivity contribution in [3.8, 4) is 0 Å². The van der Waals surface area contributed by atoms with E-state index in [2.05, 4.69) is 12.0 Å². The minimum absolute atomic E-state index is 0.0281. The lowest BCUT2D eigenvalue weighted by molar-refractivity contribution is -0.139. The Balaban J connectivity index is 1.52. The fourth-order valence-electron chi connectivity index (χ4n) is 4.31. The molecule has 0 N–H and O–H groups in total. The van der Waals surface area contributed by atoms with Gasteiger partial charge in [-0.1, -0.05) is 19.1 Å². The van der Waals surface area contributed by atoms with E-state index in [1.54, 1.807) is 6.20 Å². The van der Waals surface area contributed by atoms with Crippen LogP contribution in [0.2, 0.25) is 0 Å². The van der Waals surface area contributed by atoms with Gasteiger partial charge in [-0.3, -0.25) is 14.3 Å². The topological polar surface area (TPSA) is 58.4 Å². The number of aromatic nitrogens is 2. The summed E-state index contributed by atoms with van der Waals surface area (Å²) in [5.74, 6) is 0.211. The molecule has 3 aliphatic rings. The average molecular weight is 366 g/mol. The van der Waals surface area contributed by atoms with Crippen molar-refractivity contribution >= 4 is 11.8 Å². The Kier molecular flexibility index (Phi) is 4.97. The number of benzene rings is 1. The van der Waals surface area contributed by atoms with E-state index in [4.69, 9.17) is 0 Å². The standard InChI is InChI=1S/C21H26N4O2/c1-2-10-25-19-8-7-18(21(25)27)14-23(15-19)20(26)17-6-3-5-16(12-17)13-24-11-4-9-22-24/h3-6,9,11-12,18-19H,2,7-8,10,13-15H2,1H3/t18-,19+/m0/s1. The second-order valence-corrected chi connectivity index (χ2v) is 7.57. The predicted molar refractivity (Wildman–Crippen MR) is 102 cm³/mol. The SMILES string of the molecule is CCCN1C(=O)[C@H]2CC[C@@H]1CN(C(=O)c1cccc(Cn3cccn3)c1)C2. The Morgan fingerprint density at radius 2 is 2.11 bits per heavy atom. The summed E-state index contributed by atoms with van der Waals surface area (Å²) in [6.45, 7) is 4.71. The second kappa shape index (κ2) is 7.55. The highest BCUT2D eigenvalue weighted by molar-refractivity contribution is 5.95. The molecule has 2 atom stereocenters. The fraction of sp³-hybridized carbons (Fsp3) is 0.476. The van der Waals surface area contributed by atoms with Gasteiger partial charge in [0, 0.05) is 43.6 Å². The van der Waals surface area contributed by atoms with Crippen LogP contribution in [0.4, 0.5) is 0 Å². The number of nitrogens with zero attached hydrogens (tertiary/aromatic N) is 4. The van der Waals surface area contributed by atoms with Crippen LogP contribution in [0.1, 0.15) is 42.1 Å². The van der Waals surface area contributed by atoms with Crippen LogP contribution >= 0.6 is 0 Å². The van der Waals surface area contributed by atoms with Crippen molar-refractivity contribution < 1.29 is 9.59 Å². The van der Waals surface area contributed by atoms with Gasteiger partial charge in [0.2, 0.25) is 5.91 Å². The number of amides is 2.